The number of hydrogen-bond donors (Lipinski definition) is 1. The van der Waals surface area contributed by atoms with Gasteiger partial charge in [0.15, 0.2) is 0 Å². The summed E-state index contributed by atoms with van der Waals surface area (Å²) in [5.74, 6) is -0.981. The first-order valence-electron chi connectivity index (χ1n) is 1.66. The van der Waals surface area contributed by atoms with Crippen LogP contribution < -0.4 is 0 Å². The van der Waals surface area contributed by atoms with Crippen molar-refractivity contribution in [3.63, 3.8) is 0 Å². The van der Waals surface area contributed by atoms with E-state index in [2.05, 4.69) is 6.58 Å². The highest BCUT2D eigenvalue weighted by Crippen LogP contribution is 1.73. The third-order valence-corrected chi connectivity index (χ3v) is 0.175. The van der Waals surface area contributed by atoms with Gasteiger partial charge in [0.05, 0.1) is 5.34 Å². The number of carboxylic acid groups (broad SMARTS) is 1. The topological polar surface area (TPSA) is 37.3 Å². The van der Waals surface area contributed by atoms with Crippen LogP contribution in [0.2, 0.25) is 0 Å². The minimum atomic E-state index is -0.981. The van der Waals surface area contributed by atoms with Crippen LogP contribution in [0.4, 0.5) is 0 Å². The molecule has 2 nitrogen and oxygen atoms in total. The normalized spacial score (nSPS) is 5.56. The van der Waals surface area contributed by atoms with E-state index in [-0.39, 0.29) is 17.7 Å². The first kappa shape index (κ1) is 16.0. The molecular formula is C4H7Cl3O2. The van der Waals surface area contributed by atoms with Crippen molar-refractivity contribution in [3.05, 3.63) is 12.7 Å². The van der Waals surface area contributed by atoms with Crippen molar-refractivity contribution in [2.75, 3.05) is 5.34 Å². The van der Waals surface area contributed by atoms with Crippen molar-refractivity contribution >= 4 is 41.6 Å². The Morgan fingerprint density at radius 2 is 1.78 bits per heavy atom. The van der Waals surface area contributed by atoms with E-state index in [0.29, 0.717) is 0 Å². The highest BCUT2D eigenvalue weighted by atomic mass is 35.5. The Labute approximate surface area is 69.9 Å². The molecule has 0 aromatic heterocycles. The second-order valence-corrected chi connectivity index (χ2v) is 1.45. The van der Waals surface area contributed by atoms with Crippen molar-refractivity contribution < 1.29 is 9.90 Å². The number of rotatable bonds is 1. The molecule has 56 valence electrons. The summed E-state index contributed by atoms with van der Waals surface area (Å²) in [6.07, 6.45) is 0.833. The Morgan fingerprint density at radius 1 is 1.67 bits per heavy atom. The van der Waals surface area contributed by atoms with Gasteiger partial charge in [0.1, 0.15) is 0 Å². The highest BCUT2D eigenvalue weighted by Gasteiger charge is 1.73. The van der Waals surface area contributed by atoms with Gasteiger partial charge < -0.3 is 5.11 Å². The summed E-state index contributed by atoms with van der Waals surface area (Å²) in [6.45, 7) is 2.96. The van der Waals surface area contributed by atoms with Crippen LogP contribution in [0.3, 0.4) is 0 Å². The Morgan fingerprint density at radius 3 is 1.78 bits per heavy atom. The average Bonchev–Trinajstić information content (AvgIpc) is 1.69. The van der Waals surface area contributed by atoms with Gasteiger partial charge in [-0.25, -0.2) is 4.79 Å². The zero-order valence-corrected chi connectivity index (χ0v) is 6.84. The van der Waals surface area contributed by atoms with E-state index in [1.54, 1.807) is 0 Å². The first-order valence-corrected chi connectivity index (χ1v) is 2.73. The van der Waals surface area contributed by atoms with Crippen molar-refractivity contribution in [3.8, 4) is 0 Å². The molecule has 0 bridgehead atoms. The molecule has 0 saturated heterocycles. The van der Waals surface area contributed by atoms with Crippen LogP contribution in [0.5, 0.6) is 0 Å². The lowest BCUT2D eigenvalue weighted by molar-refractivity contribution is -0.131. The lowest BCUT2D eigenvalue weighted by Crippen LogP contribution is -1.82. The van der Waals surface area contributed by atoms with Crippen molar-refractivity contribution in [1.82, 2.24) is 0 Å². The number of aliphatic carboxylic acids is 1. The van der Waals surface area contributed by atoms with E-state index in [9.17, 15) is 4.79 Å². The monoisotopic (exact) mass is 192 g/mol. The third-order valence-electron chi connectivity index (χ3n) is 0.175. The largest absolute Gasteiger partial charge is 0.478 e. The molecule has 0 rings (SSSR count). The van der Waals surface area contributed by atoms with E-state index < -0.39 is 5.97 Å². The van der Waals surface area contributed by atoms with Gasteiger partial charge in [-0.2, -0.15) is 0 Å². The maximum absolute atomic E-state index is 9.25. The smallest absolute Gasteiger partial charge is 0.327 e. The Bertz CT molecular complexity index is 74.2. The molecule has 5 heteroatoms. The van der Waals surface area contributed by atoms with Gasteiger partial charge >= 0.3 is 5.97 Å². The van der Waals surface area contributed by atoms with Crippen molar-refractivity contribution in [1.29, 1.82) is 0 Å². The minimum absolute atomic E-state index is 0. The van der Waals surface area contributed by atoms with Crippen LogP contribution in [0.25, 0.3) is 0 Å². The standard InChI is InChI=1S/C3H4O2.CH2Cl2.ClH/c1-2-3(4)5;2-1-3;/h2H,1H2,(H,4,5);1H2;1H. The minimum Gasteiger partial charge on any atom is -0.478 e. The third kappa shape index (κ3) is 69.0. The molecule has 0 aliphatic heterocycles. The number of halogens is 3. The van der Waals surface area contributed by atoms with Gasteiger partial charge in [-0.3, -0.25) is 0 Å². The zero-order chi connectivity index (χ0) is 6.99. The summed E-state index contributed by atoms with van der Waals surface area (Å²) in [5, 5.41) is 7.80. The Balaban J connectivity index is -0.0000000800. The summed E-state index contributed by atoms with van der Waals surface area (Å²) in [6, 6.07) is 0. The molecular weight excluding hydrogens is 186 g/mol. The van der Waals surface area contributed by atoms with Gasteiger partial charge in [-0.15, -0.1) is 35.6 Å². The van der Waals surface area contributed by atoms with Gasteiger partial charge in [0, 0.05) is 6.08 Å². The molecule has 9 heavy (non-hydrogen) atoms. The molecule has 0 aromatic rings. The van der Waals surface area contributed by atoms with Crippen molar-refractivity contribution in [2.24, 2.45) is 0 Å². The average molecular weight is 193 g/mol. The molecule has 0 spiro atoms. The lowest BCUT2D eigenvalue weighted by atomic mass is 10.7. The zero-order valence-electron chi connectivity index (χ0n) is 4.51. The van der Waals surface area contributed by atoms with E-state index in [1.165, 1.54) is 0 Å². The summed E-state index contributed by atoms with van der Waals surface area (Å²) < 4.78 is 0. The molecule has 0 radical (unpaired) electrons. The summed E-state index contributed by atoms with van der Waals surface area (Å²) >= 11 is 9.53. The van der Waals surface area contributed by atoms with Crippen LogP contribution in [-0.4, -0.2) is 16.4 Å². The number of alkyl halides is 2. The number of carbonyl (C=O) groups is 1. The Kier molecular flexibility index (Phi) is 28.0. The molecule has 0 aliphatic carbocycles. The van der Waals surface area contributed by atoms with Crippen molar-refractivity contribution in [2.45, 2.75) is 0 Å². The maximum atomic E-state index is 9.25. The van der Waals surface area contributed by atoms with Gasteiger partial charge in [0.25, 0.3) is 0 Å². The molecule has 0 fully saturated rings. The van der Waals surface area contributed by atoms with E-state index >= 15 is 0 Å². The molecule has 0 saturated carbocycles. The molecule has 0 atom stereocenters. The van der Waals surface area contributed by atoms with Crippen LogP contribution in [-0.2, 0) is 4.79 Å². The SMILES string of the molecule is C=CC(=O)O.Cl.ClCCl. The lowest BCUT2D eigenvalue weighted by Gasteiger charge is -1.64. The van der Waals surface area contributed by atoms with Gasteiger partial charge in [-0.05, 0) is 0 Å². The number of hydrogen-bond acceptors (Lipinski definition) is 1. The maximum Gasteiger partial charge on any atom is 0.327 e. The molecule has 0 aromatic carbocycles. The van der Waals surface area contributed by atoms with Gasteiger partial charge in [-0.1, -0.05) is 6.58 Å². The van der Waals surface area contributed by atoms with Crippen LogP contribution >= 0.6 is 35.6 Å². The highest BCUT2D eigenvalue weighted by molar-refractivity contribution is 6.40. The van der Waals surface area contributed by atoms with E-state index in [0.717, 1.165) is 6.08 Å². The van der Waals surface area contributed by atoms with Crippen LogP contribution in [0, 0.1) is 0 Å². The second-order valence-electron chi connectivity index (χ2n) is 0.643. The molecule has 0 amide bonds. The molecule has 0 unspecified atom stereocenters. The number of carboxylic acids is 1. The predicted octanol–water partition coefficient (Wildman–Crippen LogP) is 2.10. The fraction of sp³-hybridized carbons (Fsp3) is 0.250. The van der Waals surface area contributed by atoms with Crippen LogP contribution in [0.15, 0.2) is 12.7 Å². The molecule has 0 aliphatic rings. The summed E-state index contributed by atoms with van der Waals surface area (Å²) in [7, 11) is 0. The van der Waals surface area contributed by atoms with Gasteiger partial charge in [0.2, 0.25) is 0 Å². The Hall–Kier alpha value is 0.0800. The quantitative estimate of drug-likeness (QED) is 0.511. The van der Waals surface area contributed by atoms with E-state index in [1.807, 2.05) is 0 Å². The van der Waals surface area contributed by atoms with Crippen LogP contribution in [0.1, 0.15) is 0 Å². The fourth-order valence-corrected chi connectivity index (χ4v) is 0. The summed E-state index contributed by atoms with van der Waals surface area (Å²) in [5.41, 5.74) is 0. The first-order chi connectivity index (χ1) is 3.68. The summed E-state index contributed by atoms with van der Waals surface area (Å²) in [4.78, 5) is 9.25. The molecule has 0 heterocycles. The fourth-order valence-electron chi connectivity index (χ4n) is 0. The van der Waals surface area contributed by atoms with E-state index in [4.69, 9.17) is 28.3 Å². The molecule has 1 N–H and O–H groups in total. The predicted molar refractivity (Wildman–Crippen MR) is 41.7 cm³/mol. The second kappa shape index (κ2) is 15.7.